The van der Waals surface area contributed by atoms with Crippen molar-refractivity contribution >= 4 is 35.2 Å². The summed E-state index contributed by atoms with van der Waals surface area (Å²) in [4.78, 5) is 36.7. The van der Waals surface area contributed by atoms with Gasteiger partial charge in [-0.2, -0.15) is 0 Å². The van der Waals surface area contributed by atoms with Crippen LogP contribution in [0.5, 0.6) is 0 Å². The van der Waals surface area contributed by atoms with Crippen LogP contribution in [-0.4, -0.2) is 40.8 Å². The van der Waals surface area contributed by atoms with E-state index in [-0.39, 0.29) is 28.6 Å². The molecule has 2 aromatic carbocycles. The number of benzene rings is 2. The minimum Gasteiger partial charge on any atom is -0.349 e. The summed E-state index contributed by atoms with van der Waals surface area (Å²) in [7, 11) is 0. The molecule has 0 spiro atoms. The Balaban J connectivity index is 1.52. The van der Waals surface area contributed by atoms with Gasteiger partial charge in [0, 0.05) is 36.8 Å². The van der Waals surface area contributed by atoms with Crippen LogP contribution >= 0.6 is 11.6 Å². The summed E-state index contributed by atoms with van der Waals surface area (Å²) in [6.45, 7) is 1.06. The molecule has 0 atom stereocenters. The van der Waals surface area contributed by atoms with Gasteiger partial charge in [0.1, 0.15) is 5.02 Å². The summed E-state index contributed by atoms with van der Waals surface area (Å²) >= 11 is 5.79. The monoisotopic (exact) mass is 413 g/mol. The molecule has 150 valence electrons. The summed E-state index contributed by atoms with van der Waals surface area (Å²) in [5, 5.41) is 14.0. The molecular weight excluding hydrogens is 394 g/mol. The molecule has 1 fully saturated rings. The zero-order chi connectivity index (χ0) is 20.8. The van der Waals surface area contributed by atoms with Crippen molar-refractivity contribution in [2.45, 2.75) is 18.9 Å². The average Bonchev–Trinajstić information content (AvgIpc) is 2.74. The van der Waals surface area contributed by atoms with Gasteiger partial charge < -0.3 is 10.2 Å². The van der Waals surface area contributed by atoms with Crippen LogP contribution in [0.1, 0.15) is 28.8 Å². The Morgan fingerprint density at radius 1 is 1.14 bits per heavy atom. The minimum absolute atomic E-state index is 0.0228. The molecule has 1 heterocycles. The topological polar surface area (TPSA) is 92.6 Å². The second-order valence-electron chi connectivity index (χ2n) is 6.74. The van der Waals surface area contributed by atoms with Gasteiger partial charge in [-0.3, -0.25) is 19.7 Å². The lowest BCUT2D eigenvalue weighted by Gasteiger charge is -2.31. The van der Waals surface area contributed by atoms with Crippen molar-refractivity contribution < 1.29 is 14.5 Å². The zero-order valence-electron chi connectivity index (χ0n) is 15.6. The van der Waals surface area contributed by atoms with Crippen molar-refractivity contribution in [3.63, 3.8) is 0 Å². The van der Waals surface area contributed by atoms with E-state index in [1.165, 1.54) is 24.3 Å². The average molecular weight is 414 g/mol. The van der Waals surface area contributed by atoms with Crippen molar-refractivity contribution in [1.82, 2.24) is 10.2 Å². The molecule has 2 amide bonds. The number of likely N-dealkylation sites (tertiary alicyclic amines) is 1. The molecule has 0 unspecified atom stereocenters. The fourth-order valence-corrected chi connectivity index (χ4v) is 3.34. The quantitative estimate of drug-likeness (QED) is 0.459. The number of halogens is 1. The third-order valence-corrected chi connectivity index (χ3v) is 5.08. The van der Waals surface area contributed by atoms with Crippen LogP contribution in [-0.2, 0) is 4.79 Å². The maximum absolute atomic E-state index is 12.4. The summed E-state index contributed by atoms with van der Waals surface area (Å²) in [6, 6.07) is 13.4. The molecule has 0 radical (unpaired) electrons. The van der Waals surface area contributed by atoms with Gasteiger partial charge in [-0.1, -0.05) is 35.9 Å². The predicted molar refractivity (Wildman–Crippen MR) is 111 cm³/mol. The van der Waals surface area contributed by atoms with Gasteiger partial charge in [-0.25, -0.2) is 0 Å². The van der Waals surface area contributed by atoms with E-state index in [1.54, 1.807) is 23.1 Å². The maximum Gasteiger partial charge on any atom is 0.288 e. The fourth-order valence-electron chi connectivity index (χ4n) is 3.15. The van der Waals surface area contributed by atoms with Gasteiger partial charge in [-0.15, -0.1) is 0 Å². The van der Waals surface area contributed by atoms with Crippen LogP contribution in [0.2, 0.25) is 5.02 Å². The second kappa shape index (κ2) is 9.34. The number of hydrogen-bond donors (Lipinski definition) is 1. The van der Waals surface area contributed by atoms with Gasteiger partial charge in [-0.05, 0) is 42.7 Å². The molecule has 3 rings (SSSR count). The Hall–Kier alpha value is -3.19. The molecule has 0 aromatic heterocycles. The fraction of sp³-hybridized carbons (Fsp3) is 0.238. The van der Waals surface area contributed by atoms with Gasteiger partial charge in [0.05, 0.1) is 4.92 Å². The van der Waals surface area contributed by atoms with E-state index in [9.17, 15) is 19.7 Å². The number of nitro benzene ring substituents is 1. The molecule has 8 heteroatoms. The van der Waals surface area contributed by atoms with E-state index in [2.05, 4.69) is 5.32 Å². The number of carbonyl (C=O) groups is 2. The summed E-state index contributed by atoms with van der Waals surface area (Å²) in [6.07, 6.45) is 4.28. The van der Waals surface area contributed by atoms with E-state index >= 15 is 0 Å². The number of piperidine rings is 1. The first-order valence-corrected chi connectivity index (χ1v) is 9.58. The largest absolute Gasteiger partial charge is 0.349 e. The number of nitrogens with one attached hydrogen (secondary N) is 1. The Morgan fingerprint density at radius 3 is 2.48 bits per heavy atom. The first-order chi connectivity index (χ1) is 13.9. The number of nitro groups is 1. The van der Waals surface area contributed by atoms with E-state index in [0.717, 1.165) is 0 Å². The van der Waals surface area contributed by atoms with Crippen LogP contribution in [0.25, 0.3) is 6.08 Å². The molecule has 0 bridgehead atoms. The Morgan fingerprint density at radius 2 is 1.83 bits per heavy atom. The van der Waals surface area contributed by atoms with Crippen LogP contribution in [0.15, 0.2) is 54.6 Å². The molecule has 7 nitrogen and oxygen atoms in total. The number of amides is 2. The lowest BCUT2D eigenvalue weighted by molar-refractivity contribution is -0.384. The third-order valence-electron chi connectivity index (χ3n) is 4.76. The van der Waals surface area contributed by atoms with Crippen molar-refractivity contribution in [2.75, 3.05) is 13.1 Å². The molecule has 1 aliphatic heterocycles. The molecule has 1 saturated heterocycles. The van der Waals surface area contributed by atoms with Gasteiger partial charge >= 0.3 is 0 Å². The minimum atomic E-state index is -0.560. The molecule has 2 aromatic rings. The highest BCUT2D eigenvalue weighted by molar-refractivity contribution is 6.32. The summed E-state index contributed by atoms with van der Waals surface area (Å²) in [5.74, 6) is -0.282. The van der Waals surface area contributed by atoms with Crippen molar-refractivity contribution in [3.8, 4) is 0 Å². The van der Waals surface area contributed by atoms with E-state index in [1.807, 2.05) is 18.2 Å². The highest BCUT2D eigenvalue weighted by Gasteiger charge is 2.23. The third kappa shape index (κ3) is 5.42. The van der Waals surface area contributed by atoms with Crippen LogP contribution < -0.4 is 5.32 Å². The van der Waals surface area contributed by atoms with E-state index < -0.39 is 4.92 Å². The Bertz CT molecular complexity index is 938. The molecule has 0 aliphatic carbocycles. The van der Waals surface area contributed by atoms with Gasteiger partial charge in [0.25, 0.3) is 11.6 Å². The highest BCUT2D eigenvalue weighted by Crippen LogP contribution is 2.25. The van der Waals surface area contributed by atoms with E-state index in [4.69, 9.17) is 11.6 Å². The first-order valence-electron chi connectivity index (χ1n) is 9.21. The van der Waals surface area contributed by atoms with Crippen LogP contribution in [0.3, 0.4) is 0 Å². The second-order valence-corrected chi connectivity index (χ2v) is 7.15. The first kappa shape index (κ1) is 20.5. The van der Waals surface area contributed by atoms with E-state index in [0.29, 0.717) is 37.1 Å². The van der Waals surface area contributed by atoms with Crippen LogP contribution in [0.4, 0.5) is 5.69 Å². The molecule has 1 N–H and O–H groups in total. The Kier molecular flexibility index (Phi) is 6.61. The number of rotatable bonds is 5. The lowest BCUT2D eigenvalue weighted by Crippen LogP contribution is -2.46. The standard InChI is InChI=1S/C21H20ClN3O4/c22-18-8-6-15(14-19(18)25(28)29)7-9-20(26)24-12-10-17(11-13-24)23-21(27)16-4-2-1-3-5-16/h1-9,14,17H,10-13H2,(H,23,27)/b9-7+. The SMILES string of the molecule is O=C(NC1CCN(C(=O)/C=C/c2ccc(Cl)c([N+](=O)[O-])c2)CC1)c1ccccc1. The van der Waals surface area contributed by atoms with Gasteiger partial charge in [0.2, 0.25) is 5.91 Å². The van der Waals surface area contributed by atoms with Crippen molar-refractivity contribution in [2.24, 2.45) is 0 Å². The zero-order valence-corrected chi connectivity index (χ0v) is 16.3. The van der Waals surface area contributed by atoms with Crippen molar-refractivity contribution in [3.05, 3.63) is 80.9 Å². The predicted octanol–water partition coefficient (Wildman–Crippen LogP) is 3.68. The summed E-state index contributed by atoms with van der Waals surface area (Å²) < 4.78 is 0. The molecule has 0 saturated carbocycles. The van der Waals surface area contributed by atoms with Gasteiger partial charge in [0.15, 0.2) is 0 Å². The smallest absolute Gasteiger partial charge is 0.288 e. The number of hydrogen-bond acceptors (Lipinski definition) is 4. The molecule has 29 heavy (non-hydrogen) atoms. The summed E-state index contributed by atoms with van der Waals surface area (Å²) in [5.41, 5.74) is 0.946. The Labute approximate surface area is 173 Å². The van der Waals surface area contributed by atoms with Crippen LogP contribution in [0, 0.1) is 10.1 Å². The van der Waals surface area contributed by atoms with Crippen molar-refractivity contribution in [1.29, 1.82) is 0 Å². The highest BCUT2D eigenvalue weighted by atomic mass is 35.5. The normalized spacial score (nSPS) is 14.7. The maximum atomic E-state index is 12.4. The molecule has 1 aliphatic rings. The number of carbonyl (C=O) groups excluding carboxylic acids is 2. The number of nitrogens with zero attached hydrogens (tertiary/aromatic N) is 2. The lowest BCUT2D eigenvalue weighted by atomic mass is 10.0. The molecular formula is C21H20ClN3O4.